The van der Waals surface area contributed by atoms with Crippen LogP contribution in [0.15, 0.2) is 65.9 Å². The zero-order valence-corrected chi connectivity index (χ0v) is 19.6. The van der Waals surface area contributed by atoms with Gasteiger partial charge in [-0.05, 0) is 42.0 Å². The van der Waals surface area contributed by atoms with Crippen molar-refractivity contribution in [3.63, 3.8) is 0 Å². The molecule has 4 rings (SSSR count). The number of hydrogen-bond donors (Lipinski definition) is 5. The molecule has 5 N–H and O–H groups in total. The minimum absolute atomic E-state index is 0.186. The Kier molecular flexibility index (Phi) is 7.95. The highest BCUT2D eigenvalue weighted by atomic mass is 35.5. The average Bonchev–Trinajstić information content (AvgIpc) is 2.84. The molecular formula is C25H28ClNO8. The summed E-state index contributed by atoms with van der Waals surface area (Å²) in [5.41, 5.74) is 3.17. The summed E-state index contributed by atoms with van der Waals surface area (Å²) in [7, 11) is 0. The Labute approximate surface area is 207 Å². The molecule has 3 aliphatic rings. The van der Waals surface area contributed by atoms with Crippen LogP contribution in [0.25, 0.3) is 0 Å². The van der Waals surface area contributed by atoms with Gasteiger partial charge in [0.05, 0.1) is 6.61 Å². The van der Waals surface area contributed by atoms with E-state index in [0.29, 0.717) is 29.2 Å². The molecule has 5 atom stereocenters. The Hall–Kier alpha value is -2.66. The van der Waals surface area contributed by atoms with Crippen LogP contribution >= 0.6 is 11.6 Å². The Morgan fingerprint density at radius 3 is 2.71 bits per heavy atom. The summed E-state index contributed by atoms with van der Waals surface area (Å²) in [4.78, 5) is 12.6. The Bertz CT molecular complexity index is 1080. The minimum Gasteiger partial charge on any atom is -0.480 e. The lowest BCUT2D eigenvalue weighted by Crippen LogP contribution is -2.55. The maximum absolute atomic E-state index is 11.1. The molecule has 1 fully saturated rings. The summed E-state index contributed by atoms with van der Waals surface area (Å²) in [5.74, 6) is -0.393. The number of rotatable bonds is 7. The van der Waals surface area contributed by atoms with Gasteiger partial charge in [0.25, 0.3) is 0 Å². The summed E-state index contributed by atoms with van der Waals surface area (Å²) in [6.07, 6.45) is 4.37. The van der Waals surface area contributed by atoms with Gasteiger partial charge < -0.3 is 39.9 Å². The van der Waals surface area contributed by atoms with Crippen molar-refractivity contribution in [1.29, 1.82) is 0 Å². The Morgan fingerprint density at radius 2 is 1.97 bits per heavy atom. The molecule has 1 aliphatic carbocycles. The number of carbonyl (C=O) groups is 1. The van der Waals surface area contributed by atoms with Gasteiger partial charge in [-0.25, -0.2) is 0 Å². The van der Waals surface area contributed by atoms with Crippen LogP contribution in [-0.2, 0) is 20.7 Å². The molecule has 0 amide bonds. The number of aliphatic carboxylic acids is 1. The van der Waals surface area contributed by atoms with Gasteiger partial charge in [0.1, 0.15) is 49.1 Å². The van der Waals surface area contributed by atoms with E-state index in [4.69, 9.17) is 26.2 Å². The largest absolute Gasteiger partial charge is 0.480 e. The van der Waals surface area contributed by atoms with Crippen LogP contribution in [0.5, 0.6) is 0 Å². The molecular weight excluding hydrogens is 478 g/mol. The van der Waals surface area contributed by atoms with Crippen LogP contribution in [-0.4, -0.2) is 74.0 Å². The zero-order chi connectivity index (χ0) is 25.1. The van der Waals surface area contributed by atoms with Crippen molar-refractivity contribution < 1.29 is 39.8 Å². The monoisotopic (exact) mass is 505 g/mol. The average molecular weight is 506 g/mol. The first kappa shape index (κ1) is 25.4. The van der Waals surface area contributed by atoms with Crippen LogP contribution in [0.3, 0.4) is 0 Å². The van der Waals surface area contributed by atoms with E-state index in [1.54, 1.807) is 30.6 Å². The van der Waals surface area contributed by atoms with Gasteiger partial charge in [0.2, 0.25) is 0 Å². The maximum atomic E-state index is 11.1. The van der Waals surface area contributed by atoms with Crippen molar-refractivity contribution in [3.8, 4) is 0 Å². The lowest BCUT2D eigenvalue weighted by molar-refractivity contribution is -0.231. The second-order valence-corrected chi connectivity index (χ2v) is 9.09. The van der Waals surface area contributed by atoms with E-state index >= 15 is 0 Å². The van der Waals surface area contributed by atoms with E-state index in [9.17, 15) is 25.2 Å². The normalized spacial score (nSPS) is 28.7. The topological polar surface area (TPSA) is 140 Å². The number of benzene rings is 1. The van der Waals surface area contributed by atoms with Gasteiger partial charge in [0.15, 0.2) is 0 Å². The standard InChI is InChI=1S/C25H28ClNO8/c26-18-6-5-15(25-24(33)23(32)22(31)20(13-28)35-25)10-16(18)9-14-3-1-2-4-17(14)19-11-27(7-8-34-19)12-21(29)30/h1,3,5-8,10-11,20,22-25,28,31-33H,2,4,9,12-13H2,(H,29,30)/t20-,22-,23+,24+,25+/m1/s1. The predicted octanol–water partition coefficient (Wildman–Crippen LogP) is 1.77. The highest BCUT2D eigenvalue weighted by Gasteiger charge is 2.44. The number of hydrogen-bond acceptors (Lipinski definition) is 8. The lowest BCUT2D eigenvalue weighted by Gasteiger charge is -2.40. The molecule has 1 saturated heterocycles. The van der Waals surface area contributed by atoms with E-state index in [1.165, 1.54) is 11.2 Å². The summed E-state index contributed by atoms with van der Waals surface area (Å²) in [6, 6.07) is 5.12. The van der Waals surface area contributed by atoms with E-state index in [-0.39, 0.29) is 6.54 Å². The van der Waals surface area contributed by atoms with Gasteiger partial charge in [-0.2, -0.15) is 0 Å². The number of carboxylic acid groups (broad SMARTS) is 1. The third kappa shape index (κ3) is 5.61. The van der Waals surface area contributed by atoms with Crippen LogP contribution in [0.4, 0.5) is 0 Å². The molecule has 1 aromatic carbocycles. The smallest absolute Gasteiger partial charge is 0.323 e. The van der Waals surface area contributed by atoms with Crippen molar-refractivity contribution in [2.24, 2.45) is 0 Å². The molecule has 10 heteroatoms. The molecule has 0 unspecified atom stereocenters. The van der Waals surface area contributed by atoms with Gasteiger partial charge in [-0.15, -0.1) is 0 Å². The molecule has 0 saturated carbocycles. The fourth-order valence-electron chi connectivity index (χ4n) is 4.46. The third-order valence-corrected chi connectivity index (χ3v) is 6.65. The number of aliphatic hydroxyl groups is 4. The second kappa shape index (κ2) is 10.9. The second-order valence-electron chi connectivity index (χ2n) is 8.68. The quantitative estimate of drug-likeness (QED) is 0.375. The molecule has 188 valence electrons. The highest BCUT2D eigenvalue weighted by Crippen LogP contribution is 2.36. The van der Waals surface area contributed by atoms with E-state index < -0.39 is 43.1 Å². The number of ether oxygens (including phenoxy) is 2. The summed E-state index contributed by atoms with van der Waals surface area (Å²) in [5, 5.41) is 49.8. The fourth-order valence-corrected chi connectivity index (χ4v) is 4.64. The van der Waals surface area contributed by atoms with Crippen molar-refractivity contribution in [2.45, 2.75) is 49.8 Å². The minimum atomic E-state index is -1.47. The summed E-state index contributed by atoms with van der Waals surface area (Å²) in [6.45, 7) is -0.694. The molecule has 0 spiro atoms. The Morgan fingerprint density at radius 1 is 1.17 bits per heavy atom. The first-order valence-electron chi connectivity index (χ1n) is 11.3. The van der Waals surface area contributed by atoms with Crippen LogP contribution in [0, 0.1) is 0 Å². The van der Waals surface area contributed by atoms with Crippen LogP contribution < -0.4 is 0 Å². The molecule has 9 nitrogen and oxygen atoms in total. The van der Waals surface area contributed by atoms with Gasteiger partial charge in [0, 0.05) is 23.0 Å². The maximum Gasteiger partial charge on any atom is 0.323 e. The molecule has 2 aliphatic heterocycles. The van der Waals surface area contributed by atoms with Crippen LogP contribution in [0.1, 0.15) is 30.1 Å². The number of carboxylic acids is 1. The first-order chi connectivity index (χ1) is 16.8. The van der Waals surface area contributed by atoms with E-state index in [0.717, 1.165) is 23.1 Å². The number of halogens is 1. The van der Waals surface area contributed by atoms with E-state index in [2.05, 4.69) is 0 Å². The predicted molar refractivity (Wildman–Crippen MR) is 126 cm³/mol. The number of allylic oxidation sites excluding steroid dienone is 4. The van der Waals surface area contributed by atoms with E-state index in [1.807, 2.05) is 12.2 Å². The summed E-state index contributed by atoms with van der Waals surface area (Å²) >= 11 is 6.50. The molecule has 0 bridgehead atoms. The molecule has 35 heavy (non-hydrogen) atoms. The fraction of sp³-hybridized carbons (Fsp3) is 0.400. The molecule has 0 radical (unpaired) electrons. The van der Waals surface area contributed by atoms with Crippen molar-refractivity contribution >= 4 is 17.6 Å². The summed E-state index contributed by atoms with van der Waals surface area (Å²) < 4.78 is 11.4. The number of nitrogens with zero attached hydrogens (tertiary/aromatic N) is 1. The molecule has 1 aromatic rings. The number of aliphatic hydroxyl groups excluding tert-OH is 4. The zero-order valence-electron chi connectivity index (χ0n) is 18.8. The van der Waals surface area contributed by atoms with Gasteiger partial charge in [-0.1, -0.05) is 35.9 Å². The molecule has 2 heterocycles. The van der Waals surface area contributed by atoms with Gasteiger partial charge >= 0.3 is 5.97 Å². The van der Waals surface area contributed by atoms with Crippen LogP contribution in [0.2, 0.25) is 5.02 Å². The Balaban J connectivity index is 1.62. The third-order valence-electron chi connectivity index (χ3n) is 6.28. The highest BCUT2D eigenvalue weighted by molar-refractivity contribution is 6.31. The lowest BCUT2D eigenvalue weighted by atomic mass is 9.88. The van der Waals surface area contributed by atoms with Gasteiger partial charge in [-0.3, -0.25) is 4.79 Å². The molecule has 0 aromatic heterocycles. The first-order valence-corrected chi connectivity index (χ1v) is 11.7. The SMILES string of the molecule is O=C(O)CN1C=COC(C2=C(Cc3cc([C@@H]4O[C@H](CO)[C@@H](O)[C@H](O)[C@@H]4O)ccc3Cl)C=CCC2)=C1. The van der Waals surface area contributed by atoms with Crippen molar-refractivity contribution in [3.05, 3.63) is 82.1 Å². The van der Waals surface area contributed by atoms with Crippen molar-refractivity contribution in [2.75, 3.05) is 13.2 Å². The van der Waals surface area contributed by atoms with Crippen molar-refractivity contribution in [1.82, 2.24) is 4.90 Å².